The van der Waals surface area contributed by atoms with Gasteiger partial charge in [-0.3, -0.25) is 9.59 Å². The van der Waals surface area contributed by atoms with Crippen molar-refractivity contribution in [2.75, 3.05) is 0 Å². The second kappa shape index (κ2) is 5.72. The molecule has 0 bridgehead atoms. The molecule has 1 aromatic carbocycles. The normalized spacial score (nSPS) is 21.5. The Kier molecular flexibility index (Phi) is 5.05. The number of carbonyl (C=O) groups is 2. The summed E-state index contributed by atoms with van der Waals surface area (Å²) < 4.78 is 0. The number of ketones is 1. The zero-order chi connectivity index (χ0) is 11.9. The van der Waals surface area contributed by atoms with E-state index in [4.69, 9.17) is 28.3 Å². The maximum atomic E-state index is 11.8. The Hall–Kier alpha value is -0.0600. The molecule has 1 N–H and O–H groups in total. The molecule has 1 aliphatic rings. The molecule has 1 aliphatic carbocycles. The van der Waals surface area contributed by atoms with Crippen molar-refractivity contribution in [1.82, 2.24) is 0 Å². The molecule has 0 spiro atoms. The van der Waals surface area contributed by atoms with Crippen LogP contribution in [0.5, 0.6) is 0 Å². The average molecular weight is 282 g/mol. The second-order valence-electron chi connectivity index (χ2n) is 3.78. The minimum atomic E-state index is -0.918. The third-order valence-corrected chi connectivity index (χ3v) is 3.39. The smallest absolute Gasteiger partial charge is 0.307 e. The van der Waals surface area contributed by atoms with Crippen LogP contribution in [0.1, 0.15) is 16.8 Å². The fraction of sp³-hybridized carbons (Fsp3) is 0.273. The standard InChI is InChI=1S/C11H8Cl2O3.Na/c12-8-2-1-5(3-9(8)13)10(14)6-4-7(6)11(15)16;/h1-3,6-7H,4H2,(H,15,16);/t6-,7-;/m0./s1. The summed E-state index contributed by atoms with van der Waals surface area (Å²) in [6.07, 6.45) is 0.411. The predicted octanol–water partition coefficient (Wildman–Crippen LogP) is 2.52. The summed E-state index contributed by atoms with van der Waals surface area (Å²) in [6.45, 7) is 0. The molecule has 6 heteroatoms. The van der Waals surface area contributed by atoms with Crippen LogP contribution in [0, 0.1) is 11.8 Å². The number of hydrogen-bond acceptors (Lipinski definition) is 2. The Bertz CT molecular complexity index is 476. The average Bonchev–Trinajstić information content (AvgIpc) is 3.01. The molecule has 2 atom stereocenters. The van der Waals surface area contributed by atoms with Crippen molar-refractivity contribution in [1.29, 1.82) is 0 Å². The number of hydrogen-bond donors (Lipinski definition) is 1. The van der Waals surface area contributed by atoms with Crippen LogP contribution in [0.15, 0.2) is 18.2 Å². The summed E-state index contributed by atoms with van der Waals surface area (Å²) in [5.74, 6) is -2.04. The molecule has 0 amide bonds. The number of carbonyl (C=O) groups excluding carboxylic acids is 1. The first-order chi connectivity index (χ1) is 7.50. The Morgan fingerprint density at radius 1 is 1.18 bits per heavy atom. The molecular formula is C11H8Cl2NaO3. The summed E-state index contributed by atoms with van der Waals surface area (Å²) in [5, 5.41) is 9.40. The van der Waals surface area contributed by atoms with Crippen molar-refractivity contribution < 1.29 is 14.7 Å². The van der Waals surface area contributed by atoms with Gasteiger partial charge in [0, 0.05) is 41.0 Å². The molecular weight excluding hydrogens is 274 g/mol. The summed E-state index contributed by atoms with van der Waals surface area (Å²) in [5.41, 5.74) is 0.420. The molecule has 1 radical (unpaired) electrons. The van der Waals surface area contributed by atoms with Crippen LogP contribution in [0.4, 0.5) is 0 Å². The number of halogens is 2. The first-order valence-corrected chi connectivity index (χ1v) is 5.48. The van der Waals surface area contributed by atoms with Crippen LogP contribution in [0.3, 0.4) is 0 Å². The molecule has 2 rings (SSSR count). The van der Waals surface area contributed by atoms with E-state index in [1.54, 1.807) is 6.07 Å². The van der Waals surface area contributed by atoms with E-state index >= 15 is 0 Å². The number of benzene rings is 1. The van der Waals surface area contributed by atoms with E-state index in [9.17, 15) is 9.59 Å². The van der Waals surface area contributed by atoms with E-state index in [-0.39, 0.29) is 35.3 Å². The van der Waals surface area contributed by atoms with Crippen molar-refractivity contribution in [3.63, 3.8) is 0 Å². The van der Waals surface area contributed by atoms with Gasteiger partial charge >= 0.3 is 5.97 Å². The molecule has 1 aromatic rings. The Labute approximate surface area is 130 Å². The Morgan fingerprint density at radius 2 is 1.82 bits per heavy atom. The van der Waals surface area contributed by atoms with Crippen molar-refractivity contribution >= 4 is 64.5 Å². The van der Waals surface area contributed by atoms with Gasteiger partial charge in [0.1, 0.15) is 0 Å². The largest absolute Gasteiger partial charge is 0.481 e. The number of rotatable bonds is 3. The quantitative estimate of drug-likeness (QED) is 0.684. The van der Waals surface area contributed by atoms with Gasteiger partial charge in [0.15, 0.2) is 5.78 Å². The number of aliphatic carboxylic acids is 1. The third kappa shape index (κ3) is 3.24. The van der Waals surface area contributed by atoms with Crippen molar-refractivity contribution in [2.24, 2.45) is 11.8 Å². The molecule has 0 saturated heterocycles. The van der Waals surface area contributed by atoms with E-state index in [0.29, 0.717) is 22.0 Å². The van der Waals surface area contributed by atoms with Crippen LogP contribution < -0.4 is 0 Å². The zero-order valence-electron chi connectivity index (χ0n) is 9.11. The molecule has 0 unspecified atom stereocenters. The SMILES string of the molecule is O=C(O)[C@H]1C[C@@H]1C(=O)c1ccc(Cl)c(Cl)c1.[Na]. The van der Waals surface area contributed by atoms with Gasteiger partial charge in [0.2, 0.25) is 0 Å². The van der Waals surface area contributed by atoms with E-state index in [1.807, 2.05) is 0 Å². The minimum absolute atomic E-state index is 0. The third-order valence-electron chi connectivity index (χ3n) is 2.65. The summed E-state index contributed by atoms with van der Waals surface area (Å²) in [6, 6.07) is 4.58. The molecule has 0 aromatic heterocycles. The Morgan fingerprint density at radius 3 is 2.29 bits per heavy atom. The van der Waals surface area contributed by atoms with Crippen LogP contribution in [-0.2, 0) is 4.79 Å². The molecule has 0 aliphatic heterocycles. The summed E-state index contributed by atoms with van der Waals surface area (Å²) in [7, 11) is 0. The van der Waals surface area contributed by atoms with E-state index < -0.39 is 17.8 Å². The maximum Gasteiger partial charge on any atom is 0.307 e. The van der Waals surface area contributed by atoms with Gasteiger partial charge < -0.3 is 5.11 Å². The van der Waals surface area contributed by atoms with Crippen molar-refractivity contribution in [3.05, 3.63) is 33.8 Å². The maximum absolute atomic E-state index is 11.8. The van der Waals surface area contributed by atoms with Crippen LogP contribution in [0.25, 0.3) is 0 Å². The first-order valence-electron chi connectivity index (χ1n) is 4.73. The molecule has 3 nitrogen and oxygen atoms in total. The molecule has 1 saturated carbocycles. The predicted molar refractivity (Wildman–Crippen MR) is 65.8 cm³/mol. The summed E-state index contributed by atoms with van der Waals surface area (Å²) >= 11 is 11.5. The van der Waals surface area contributed by atoms with Crippen molar-refractivity contribution in [2.45, 2.75) is 6.42 Å². The van der Waals surface area contributed by atoms with E-state index in [2.05, 4.69) is 0 Å². The van der Waals surface area contributed by atoms with E-state index in [0.717, 1.165) is 0 Å². The zero-order valence-corrected chi connectivity index (χ0v) is 12.6. The van der Waals surface area contributed by atoms with Gasteiger partial charge in [0.25, 0.3) is 0 Å². The van der Waals surface area contributed by atoms with Gasteiger partial charge in [-0.05, 0) is 24.6 Å². The van der Waals surface area contributed by atoms with Gasteiger partial charge in [-0.1, -0.05) is 23.2 Å². The fourth-order valence-electron chi connectivity index (χ4n) is 1.62. The van der Waals surface area contributed by atoms with Crippen LogP contribution in [-0.4, -0.2) is 46.4 Å². The van der Waals surface area contributed by atoms with Crippen molar-refractivity contribution in [3.8, 4) is 0 Å². The second-order valence-corrected chi connectivity index (χ2v) is 4.59. The Balaban J connectivity index is 0.00000144. The van der Waals surface area contributed by atoms with Gasteiger partial charge in [-0.15, -0.1) is 0 Å². The van der Waals surface area contributed by atoms with Crippen LogP contribution >= 0.6 is 23.2 Å². The topological polar surface area (TPSA) is 54.4 Å². The summed E-state index contributed by atoms with van der Waals surface area (Å²) in [4.78, 5) is 22.4. The molecule has 0 heterocycles. The van der Waals surface area contributed by atoms with Gasteiger partial charge in [-0.25, -0.2) is 0 Å². The first kappa shape index (κ1) is 15.0. The number of carboxylic acids is 1. The number of carboxylic acid groups (broad SMARTS) is 1. The van der Waals surface area contributed by atoms with E-state index in [1.165, 1.54) is 12.1 Å². The minimum Gasteiger partial charge on any atom is -0.481 e. The van der Waals surface area contributed by atoms with Gasteiger partial charge in [0.05, 0.1) is 16.0 Å². The number of Topliss-reactive ketones (excluding diaryl/α,β-unsaturated/α-hetero) is 1. The molecule has 17 heavy (non-hydrogen) atoms. The monoisotopic (exact) mass is 281 g/mol. The van der Waals surface area contributed by atoms with Gasteiger partial charge in [-0.2, -0.15) is 0 Å². The fourth-order valence-corrected chi connectivity index (χ4v) is 1.92. The molecule has 85 valence electrons. The molecule has 1 fully saturated rings. The van der Waals surface area contributed by atoms with Crippen LogP contribution in [0.2, 0.25) is 10.0 Å².